The summed E-state index contributed by atoms with van der Waals surface area (Å²) in [5.74, 6) is -1.39. The summed E-state index contributed by atoms with van der Waals surface area (Å²) in [7, 11) is -4.25. The van der Waals surface area contributed by atoms with Crippen LogP contribution in [0, 0.1) is 0 Å². The molecule has 15 nitrogen and oxygen atoms in total. The molecule has 0 unspecified atom stereocenters. The summed E-state index contributed by atoms with van der Waals surface area (Å²) in [5.41, 5.74) is 1.77. The van der Waals surface area contributed by atoms with E-state index < -0.39 is 76.1 Å². The van der Waals surface area contributed by atoms with Gasteiger partial charge in [0, 0.05) is 0 Å². The highest BCUT2D eigenvalue weighted by Crippen LogP contribution is 2.39. The molecular weight excluding hydrogens is 961 g/mol. The minimum Gasteiger partial charge on any atom is -0.444 e. The topological polar surface area (TPSA) is 199 Å². The van der Waals surface area contributed by atoms with E-state index in [-0.39, 0.29) is 35.1 Å². The Bertz CT molecular complexity index is 2490. The van der Waals surface area contributed by atoms with Crippen molar-refractivity contribution in [2.24, 2.45) is 0 Å². The zero-order valence-corrected chi connectivity index (χ0v) is 47.6. The van der Waals surface area contributed by atoms with E-state index in [1.54, 1.807) is 90.1 Å². The number of aliphatic hydroxyl groups excluding tert-OH is 1. The average Bonchev–Trinajstić information content (AvgIpc) is 3.72. The first-order valence-corrected chi connectivity index (χ1v) is 30.4. The van der Waals surface area contributed by atoms with E-state index in [0.717, 1.165) is 5.56 Å². The molecule has 0 aliphatic carbocycles. The third-order valence-electron chi connectivity index (χ3n) is 13.1. The Labute approximate surface area is 434 Å². The molecular formula is C56H78N4O11Si2. The average molecular weight is 1040 g/mol. The van der Waals surface area contributed by atoms with Gasteiger partial charge in [-0.2, -0.15) is 0 Å². The lowest BCUT2D eigenvalue weighted by atomic mass is 9.98. The fraction of sp³-hybridized carbons (Fsp3) is 0.464. The van der Waals surface area contributed by atoms with Crippen molar-refractivity contribution < 1.29 is 52.2 Å². The van der Waals surface area contributed by atoms with Gasteiger partial charge in [-0.15, -0.1) is 0 Å². The maximum atomic E-state index is 13.5. The molecule has 17 heteroatoms. The number of carbonyl (C=O) groups is 6. The SMILES string of the molecule is CC(C)(C)OC(=O)N[C@H](CO[Si](C)(C)C(C)(C)C)[C@H](O)c1ccccc1.CC(C)(C)OC(=O)N[C@H](CO[Si](C)(C)C(C)(C)C)[C@H](c1ccccc1)N1C(=O)c2ccccc2C1=O.O=C1NC(=O)c2ccccc21. The molecule has 4 aromatic carbocycles. The number of benzene rings is 4. The number of hydrogen-bond donors (Lipinski definition) is 4. The molecule has 2 aliphatic rings. The van der Waals surface area contributed by atoms with Crippen LogP contribution in [0.15, 0.2) is 109 Å². The van der Waals surface area contributed by atoms with Crippen molar-refractivity contribution in [3.05, 3.63) is 143 Å². The molecule has 4 N–H and O–H groups in total. The molecule has 4 aromatic rings. The highest BCUT2D eigenvalue weighted by molar-refractivity contribution is 6.74. The Balaban J connectivity index is 0.000000270. The van der Waals surface area contributed by atoms with Gasteiger partial charge in [0.05, 0.1) is 53.6 Å². The third kappa shape index (κ3) is 16.5. The van der Waals surface area contributed by atoms with Gasteiger partial charge in [0.15, 0.2) is 16.6 Å². The largest absolute Gasteiger partial charge is 0.444 e. The van der Waals surface area contributed by atoms with Gasteiger partial charge >= 0.3 is 12.2 Å². The lowest BCUT2D eigenvalue weighted by molar-refractivity contribution is 0.0357. The predicted octanol–water partition coefficient (Wildman–Crippen LogP) is 11.1. The predicted molar refractivity (Wildman–Crippen MR) is 288 cm³/mol. The van der Waals surface area contributed by atoms with E-state index in [2.05, 4.69) is 83.7 Å². The van der Waals surface area contributed by atoms with Crippen molar-refractivity contribution >= 4 is 52.4 Å². The minimum absolute atomic E-state index is 0.0428. The van der Waals surface area contributed by atoms with Crippen LogP contribution in [-0.2, 0) is 18.3 Å². The van der Waals surface area contributed by atoms with E-state index in [1.165, 1.54) is 4.90 Å². The second-order valence-corrected chi connectivity index (χ2v) is 32.8. The Kier molecular flexibility index (Phi) is 19.5. The van der Waals surface area contributed by atoms with Gasteiger partial charge < -0.3 is 34.1 Å². The van der Waals surface area contributed by atoms with E-state index in [4.69, 9.17) is 18.3 Å². The summed E-state index contributed by atoms with van der Waals surface area (Å²) in [6, 6.07) is 29.9. The molecule has 0 saturated heterocycles. The molecule has 0 fully saturated rings. The molecule has 6 rings (SSSR count). The van der Waals surface area contributed by atoms with Crippen molar-refractivity contribution in [1.29, 1.82) is 0 Å². The van der Waals surface area contributed by atoms with Crippen LogP contribution in [0.2, 0.25) is 36.3 Å². The molecule has 6 amide bonds. The number of amides is 6. The van der Waals surface area contributed by atoms with E-state index in [0.29, 0.717) is 27.8 Å². The molecule has 73 heavy (non-hydrogen) atoms. The molecule has 396 valence electrons. The highest BCUT2D eigenvalue weighted by atomic mass is 28.4. The van der Waals surface area contributed by atoms with Crippen molar-refractivity contribution in [2.75, 3.05) is 13.2 Å². The Hall–Kier alpha value is -5.99. The number of fused-ring (bicyclic) bond motifs is 2. The summed E-state index contributed by atoms with van der Waals surface area (Å²) in [6.07, 6.45) is -2.08. The van der Waals surface area contributed by atoms with Crippen LogP contribution in [0.4, 0.5) is 9.59 Å². The molecule has 0 bridgehead atoms. The van der Waals surface area contributed by atoms with Crippen LogP contribution in [-0.4, -0.2) is 99.0 Å². The Morgan fingerprint density at radius 2 is 0.849 bits per heavy atom. The first-order valence-electron chi connectivity index (χ1n) is 24.6. The quantitative estimate of drug-likeness (QED) is 0.0734. The molecule has 2 aliphatic heterocycles. The molecule has 2 heterocycles. The molecule has 0 radical (unpaired) electrons. The van der Waals surface area contributed by atoms with Gasteiger partial charge in [-0.05, 0) is 113 Å². The third-order valence-corrected chi connectivity index (χ3v) is 22.1. The first-order chi connectivity index (χ1) is 33.6. The molecule has 0 spiro atoms. The fourth-order valence-corrected chi connectivity index (χ4v) is 9.10. The summed E-state index contributed by atoms with van der Waals surface area (Å²) in [4.78, 5) is 75.4. The number of ether oxygens (including phenoxy) is 2. The Morgan fingerprint density at radius 1 is 0.521 bits per heavy atom. The highest BCUT2D eigenvalue weighted by Gasteiger charge is 2.46. The summed E-state index contributed by atoms with van der Waals surface area (Å²) in [6.45, 7) is 32.5. The molecule has 4 atom stereocenters. The zero-order valence-electron chi connectivity index (χ0n) is 45.6. The van der Waals surface area contributed by atoms with Gasteiger partial charge in [0.1, 0.15) is 17.3 Å². The number of alkyl carbamates (subject to hydrolysis) is 2. The van der Waals surface area contributed by atoms with Crippen molar-refractivity contribution in [2.45, 2.75) is 155 Å². The second kappa shape index (κ2) is 23.9. The van der Waals surface area contributed by atoms with Crippen molar-refractivity contribution in [1.82, 2.24) is 20.9 Å². The monoisotopic (exact) mass is 1040 g/mol. The number of nitrogens with one attached hydrogen (secondary N) is 3. The standard InChI is InChI=1S/C28H38N2O5Si.C20H35NO4Si.C8H5NO2/c1-27(2,3)35-26(33)29-22(18-34-36(7,8)28(4,5)6)23(19-14-10-9-11-15-19)30-24(31)20-16-12-13-17-21(20)25(30)32;1-19(2,3)25-18(23)21-16(14-24-26(7,8)20(4,5)6)17(22)15-12-10-9-11-13-15;10-7-5-3-1-2-4-6(5)8(11)9-7/h9-17,22-23H,18H2,1-8H3,(H,29,33);9-13,16-17,22H,14H2,1-8H3,(H,21,23);1-4H,(H,9,10,11)/t22-,23+;16-,17-;/m11./s1. The van der Waals surface area contributed by atoms with Crippen LogP contribution in [0.5, 0.6) is 0 Å². The van der Waals surface area contributed by atoms with E-state index in [9.17, 15) is 33.9 Å². The zero-order chi connectivity index (χ0) is 54.9. The van der Waals surface area contributed by atoms with Gasteiger partial charge in [-0.1, -0.05) is 126 Å². The molecule has 0 saturated carbocycles. The fourth-order valence-electron chi connectivity index (χ4n) is 7.04. The van der Waals surface area contributed by atoms with Gasteiger partial charge in [-0.25, -0.2) is 9.59 Å². The maximum absolute atomic E-state index is 13.5. The molecule has 0 aromatic heterocycles. The smallest absolute Gasteiger partial charge is 0.408 e. The van der Waals surface area contributed by atoms with Crippen LogP contribution >= 0.6 is 0 Å². The number of hydrogen-bond acceptors (Lipinski definition) is 11. The minimum atomic E-state index is -2.23. The number of carbonyl (C=O) groups excluding carboxylic acids is 6. The maximum Gasteiger partial charge on any atom is 0.408 e. The van der Waals surface area contributed by atoms with E-state index >= 15 is 0 Å². The van der Waals surface area contributed by atoms with Crippen LogP contribution in [0.1, 0.15) is 148 Å². The van der Waals surface area contributed by atoms with Gasteiger partial charge in [-0.3, -0.25) is 29.4 Å². The van der Waals surface area contributed by atoms with Crippen LogP contribution < -0.4 is 16.0 Å². The van der Waals surface area contributed by atoms with Gasteiger partial charge in [0.25, 0.3) is 23.6 Å². The number of imide groups is 2. The normalized spacial score (nSPS) is 15.5. The van der Waals surface area contributed by atoms with Crippen LogP contribution in [0.3, 0.4) is 0 Å². The first kappa shape index (κ1) is 59.6. The summed E-state index contributed by atoms with van der Waals surface area (Å²) < 4.78 is 23.7. The lowest BCUT2D eigenvalue weighted by Crippen LogP contribution is -2.53. The number of nitrogens with zero attached hydrogens (tertiary/aromatic N) is 1. The lowest BCUT2D eigenvalue weighted by Gasteiger charge is -2.40. The number of rotatable bonds is 13. The van der Waals surface area contributed by atoms with Crippen LogP contribution in [0.25, 0.3) is 0 Å². The second-order valence-electron chi connectivity index (χ2n) is 23.2. The van der Waals surface area contributed by atoms with Gasteiger partial charge in [0.2, 0.25) is 0 Å². The summed E-state index contributed by atoms with van der Waals surface area (Å²) >= 11 is 0. The number of aliphatic hydroxyl groups is 1. The van der Waals surface area contributed by atoms with E-state index in [1.807, 2.05) is 60.7 Å². The van der Waals surface area contributed by atoms with Crippen molar-refractivity contribution in [3.8, 4) is 0 Å². The summed E-state index contributed by atoms with van der Waals surface area (Å²) in [5, 5.41) is 18.7. The van der Waals surface area contributed by atoms with Crippen molar-refractivity contribution in [3.63, 3.8) is 0 Å². The Morgan fingerprint density at radius 3 is 1.22 bits per heavy atom.